The number of carbonyl (C=O) groups is 1. The minimum Gasteiger partial charge on any atom is -0.381 e. The molecule has 166 valence electrons. The molecule has 2 aromatic carbocycles. The summed E-state index contributed by atoms with van der Waals surface area (Å²) < 4.78 is 59.1. The Kier molecular flexibility index (Phi) is 7.33. The highest BCUT2D eigenvalue weighted by Crippen LogP contribution is 2.32. The predicted octanol–water partition coefficient (Wildman–Crippen LogP) is 5.08. The summed E-state index contributed by atoms with van der Waals surface area (Å²) in [6.07, 6.45) is 2.25. The van der Waals surface area contributed by atoms with E-state index in [9.17, 15) is 18.0 Å². The maximum atomic E-state index is 15.1. The Balaban J connectivity index is 2.11. The number of benzene rings is 2. The number of anilines is 3. The maximum absolute atomic E-state index is 15.1. The van der Waals surface area contributed by atoms with E-state index < -0.39 is 34.9 Å². The number of aromatic nitrogens is 1. The number of nitrogens with two attached hydrogens (primary N) is 1. The van der Waals surface area contributed by atoms with Crippen molar-refractivity contribution in [2.45, 2.75) is 6.42 Å². The number of nitrogens with one attached hydrogen (secondary N) is 2. The molecular weight excluding hydrogens is 539 g/mol. The van der Waals surface area contributed by atoms with Gasteiger partial charge in [0.2, 0.25) is 0 Å². The molecule has 0 radical (unpaired) electrons. The van der Waals surface area contributed by atoms with Crippen LogP contribution in [-0.2, 0) is 6.42 Å². The van der Waals surface area contributed by atoms with E-state index in [4.69, 9.17) is 5.73 Å². The van der Waals surface area contributed by atoms with Crippen molar-refractivity contribution >= 4 is 45.7 Å². The predicted molar refractivity (Wildman–Crippen MR) is 123 cm³/mol. The molecule has 0 aliphatic heterocycles. The molecule has 0 fully saturated rings. The van der Waals surface area contributed by atoms with Crippen LogP contribution in [0.25, 0.3) is 0 Å². The Morgan fingerprint density at radius 3 is 2.53 bits per heavy atom. The highest BCUT2D eigenvalue weighted by atomic mass is 127. The highest BCUT2D eigenvalue weighted by molar-refractivity contribution is 14.1. The number of pyridine rings is 1. The summed E-state index contributed by atoms with van der Waals surface area (Å²) in [6, 6.07) is 6.44. The molecule has 0 atom stereocenters. The summed E-state index contributed by atoms with van der Waals surface area (Å²) in [6.45, 7) is 3.54. The summed E-state index contributed by atoms with van der Waals surface area (Å²) in [5.74, 6) is -5.45. The van der Waals surface area contributed by atoms with Crippen molar-refractivity contribution < 1.29 is 22.4 Å². The SMILES string of the molecule is C=CCNC(=O)c1cc(Cc2ccnc(N)c2F)c(F)c(F)c1Nc1ccc(I)cc1F. The second-order valence-electron chi connectivity index (χ2n) is 6.68. The molecule has 1 heterocycles. The van der Waals surface area contributed by atoms with Crippen LogP contribution in [0.3, 0.4) is 0 Å². The number of nitrogen functional groups attached to an aromatic ring is 1. The third-order valence-corrected chi connectivity index (χ3v) is 5.17. The average molecular weight is 556 g/mol. The van der Waals surface area contributed by atoms with Gasteiger partial charge in [0.15, 0.2) is 23.3 Å². The second kappa shape index (κ2) is 9.98. The molecule has 32 heavy (non-hydrogen) atoms. The summed E-state index contributed by atoms with van der Waals surface area (Å²) in [4.78, 5) is 16.2. The van der Waals surface area contributed by atoms with Gasteiger partial charge >= 0.3 is 0 Å². The Labute approximate surface area is 194 Å². The summed E-state index contributed by atoms with van der Waals surface area (Å²) in [5, 5.41) is 4.93. The minimum absolute atomic E-state index is 0.0300. The fraction of sp³-hybridized carbons (Fsp3) is 0.0909. The van der Waals surface area contributed by atoms with Gasteiger partial charge in [-0.1, -0.05) is 6.08 Å². The third-order valence-electron chi connectivity index (χ3n) is 4.50. The molecule has 5 nitrogen and oxygen atoms in total. The largest absolute Gasteiger partial charge is 0.381 e. The molecule has 0 aliphatic carbocycles. The van der Waals surface area contributed by atoms with E-state index >= 15 is 4.39 Å². The Hall–Kier alpha value is -3.15. The number of amides is 1. The molecule has 0 saturated carbocycles. The Morgan fingerprint density at radius 2 is 1.84 bits per heavy atom. The van der Waals surface area contributed by atoms with Crippen LogP contribution in [-0.4, -0.2) is 17.4 Å². The summed E-state index contributed by atoms with van der Waals surface area (Å²) in [5.41, 5.74) is 4.12. The van der Waals surface area contributed by atoms with Gasteiger partial charge < -0.3 is 16.4 Å². The van der Waals surface area contributed by atoms with Gasteiger partial charge in [0.25, 0.3) is 5.91 Å². The molecular formula is C22H17F4IN4O. The van der Waals surface area contributed by atoms with Crippen molar-refractivity contribution in [3.05, 3.63) is 92.7 Å². The van der Waals surface area contributed by atoms with Crippen molar-refractivity contribution in [1.82, 2.24) is 10.3 Å². The lowest BCUT2D eigenvalue weighted by molar-refractivity contribution is 0.0958. The minimum atomic E-state index is -1.41. The van der Waals surface area contributed by atoms with E-state index in [-0.39, 0.29) is 41.2 Å². The first-order chi connectivity index (χ1) is 15.2. The molecule has 1 aromatic heterocycles. The zero-order chi connectivity index (χ0) is 23.4. The van der Waals surface area contributed by atoms with Gasteiger partial charge in [-0.15, -0.1) is 6.58 Å². The van der Waals surface area contributed by atoms with E-state index in [1.54, 1.807) is 6.07 Å². The molecule has 0 aliphatic rings. The van der Waals surface area contributed by atoms with Gasteiger partial charge in [-0.3, -0.25) is 4.79 Å². The van der Waals surface area contributed by atoms with E-state index in [1.165, 1.54) is 30.5 Å². The van der Waals surface area contributed by atoms with Crippen molar-refractivity contribution in [1.29, 1.82) is 0 Å². The van der Waals surface area contributed by atoms with Gasteiger partial charge in [-0.05, 0) is 64.0 Å². The Morgan fingerprint density at radius 1 is 1.09 bits per heavy atom. The normalized spacial score (nSPS) is 10.7. The molecule has 4 N–H and O–H groups in total. The van der Waals surface area contributed by atoms with E-state index in [1.807, 2.05) is 22.6 Å². The molecule has 10 heteroatoms. The molecule has 3 aromatic rings. The van der Waals surface area contributed by atoms with Gasteiger partial charge in [0.05, 0.1) is 16.9 Å². The summed E-state index contributed by atoms with van der Waals surface area (Å²) in [7, 11) is 0. The molecule has 0 bridgehead atoms. The van der Waals surface area contributed by atoms with Gasteiger partial charge in [-0.25, -0.2) is 22.5 Å². The second-order valence-corrected chi connectivity index (χ2v) is 7.93. The number of hydrogen-bond acceptors (Lipinski definition) is 4. The number of halogens is 5. The van der Waals surface area contributed by atoms with Crippen molar-refractivity contribution in [3.63, 3.8) is 0 Å². The van der Waals surface area contributed by atoms with Crippen LogP contribution < -0.4 is 16.4 Å². The van der Waals surface area contributed by atoms with Crippen LogP contribution in [0.5, 0.6) is 0 Å². The molecule has 0 unspecified atom stereocenters. The molecule has 0 spiro atoms. The van der Waals surface area contributed by atoms with Gasteiger partial charge in [0, 0.05) is 22.7 Å². The number of nitrogens with zero attached hydrogens (tertiary/aromatic N) is 1. The van der Waals surface area contributed by atoms with Crippen LogP contribution in [0, 0.1) is 26.8 Å². The maximum Gasteiger partial charge on any atom is 0.253 e. The first-order valence-electron chi connectivity index (χ1n) is 9.23. The first-order valence-corrected chi connectivity index (χ1v) is 10.3. The van der Waals surface area contributed by atoms with Gasteiger partial charge in [-0.2, -0.15) is 0 Å². The lowest BCUT2D eigenvalue weighted by Gasteiger charge is -2.17. The number of rotatable bonds is 7. The zero-order valence-corrected chi connectivity index (χ0v) is 18.6. The van der Waals surface area contributed by atoms with E-state index in [2.05, 4.69) is 22.2 Å². The number of hydrogen-bond donors (Lipinski definition) is 3. The average Bonchev–Trinajstić information content (AvgIpc) is 2.76. The van der Waals surface area contributed by atoms with Crippen LogP contribution in [0.1, 0.15) is 21.5 Å². The standard InChI is InChI=1S/C22H17F4IN4O/c1-2-6-30-22(32)14-9-12(8-11-5-7-29-21(28)18(11)25)17(24)19(26)20(14)31-16-4-3-13(27)10-15(16)23/h2-5,7,9-10,31H,1,6,8H2,(H2,28,29)(H,30,32). The van der Waals surface area contributed by atoms with Crippen molar-refractivity contribution in [2.75, 3.05) is 17.6 Å². The zero-order valence-electron chi connectivity index (χ0n) is 16.5. The van der Waals surface area contributed by atoms with Crippen LogP contribution in [0.15, 0.2) is 49.2 Å². The van der Waals surface area contributed by atoms with Crippen LogP contribution in [0.2, 0.25) is 0 Å². The van der Waals surface area contributed by atoms with E-state index in [0.717, 1.165) is 6.07 Å². The fourth-order valence-electron chi connectivity index (χ4n) is 2.94. The van der Waals surface area contributed by atoms with Crippen LogP contribution in [0.4, 0.5) is 34.8 Å². The first kappa shape index (κ1) is 23.5. The van der Waals surface area contributed by atoms with Gasteiger partial charge in [0.1, 0.15) is 5.82 Å². The third kappa shape index (κ3) is 5.01. The van der Waals surface area contributed by atoms with Crippen molar-refractivity contribution in [3.8, 4) is 0 Å². The smallest absolute Gasteiger partial charge is 0.253 e. The lowest BCUT2D eigenvalue weighted by atomic mass is 9.99. The molecule has 3 rings (SSSR count). The lowest BCUT2D eigenvalue weighted by Crippen LogP contribution is -2.25. The molecule has 0 saturated heterocycles. The topological polar surface area (TPSA) is 80.0 Å². The van der Waals surface area contributed by atoms with Crippen molar-refractivity contribution in [2.24, 2.45) is 0 Å². The number of carbonyl (C=O) groups excluding carboxylic acids is 1. The Bertz CT molecular complexity index is 1200. The monoisotopic (exact) mass is 556 g/mol. The van der Waals surface area contributed by atoms with E-state index in [0.29, 0.717) is 3.57 Å². The van der Waals surface area contributed by atoms with Crippen LogP contribution >= 0.6 is 22.6 Å². The fourth-order valence-corrected chi connectivity index (χ4v) is 3.39. The quantitative estimate of drug-likeness (QED) is 0.216. The summed E-state index contributed by atoms with van der Waals surface area (Å²) >= 11 is 1.90. The highest BCUT2D eigenvalue weighted by Gasteiger charge is 2.24. The molecule has 1 amide bonds.